The fourth-order valence-electron chi connectivity index (χ4n) is 3.69. The van der Waals surface area contributed by atoms with E-state index in [-0.39, 0.29) is 25.0 Å². The van der Waals surface area contributed by atoms with Gasteiger partial charge in [-0.05, 0) is 47.7 Å². The van der Waals surface area contributed by atoms with Gasteiger partial charge < -0.3 is 15.0 Å². The zero-order chi connectivity index (χ0) is 25.0. The predicted octanol–water partition coefficient (Wildman–Crippen LogP) is 5.52. The maximum absolute atomic E-state index is 13.5. The normalized spacial score (nSPS) is 11.7. The number of halogens is 1. The van der Waals surface area contributed by atoms with E-state index in [1.165, 1.54) is 0 Å². The maximum atomic E-state index is 13.5. The molecule has 0 aliphatic carbocycles. The minimum Gasteiger partial charge on any atom is -0.484 e. The minimum atomic E-state index is -0.688. The fourth-order valence-corrected chi connectivity index (χ4v) is 3.81. The monoisotopic (exact) mass is 492 g/mol. The van der Waals surface area contributed by atoms with E-state index in [9.17, 15) is 9.59 Å². The summed E-state index contributed by atoms with van der Waals surface area (Å²) >= 11 is 6.07. The molecule has 0 radical (unpaired) electrons. The van der Waals surface area contributed by atoms with E-state index in [1.807, 2.05) is 60.7 Å². The summed E-state index contributed by atoms with van der Waals surface area (Å²) in [7, 11) is 0. The second-order valence-corrected chi connectivity index (χ2v) is 9.37. The Morgan fingerprint density at radius 1 is 0.886 bits per heavy atom. The van der Waals surface area contributed by atoms with Gasteiger partial charge in [0, 0.05) is 24.5 Å². The van der Waals surface area contributed by atoms with Gasteiger partial charge in [0.1, 0.15) is 11.8 Å². The summed E-state index contributed by atoms with van der Waals surface area (Å²) in [6, 6.07) is 25.6. The SMILES string of the molecule is CC(C)CCNC(=O)C(Cc1ccccc1)N(Cc1ccc(Cl)cc1)C(=O)COc1ccccc1. The number of nitrogens with zero attached hydrogens (tertiary/aromatic N) is 1. The molecule has 3 rings (SSSR count). The molecule has 3 aromatic carbocycles. The molecule has 0 aromatic heterocycles. The molecule has 6 heteroatoms. The average Bonchev–Trinajstić information content (AvgIpc) is 2.86. The van der Waals surface area contributed by atoms with E-state index in [1.54, 1.807) is 29.2 Å². The molecule has 35 heavy (non-hydrogen) atoms. The van der Waals surface area contributed by atoms with Gasteiger partial charge in [0.25, 0.3) is 5.91 Å². The summed E-state index contributed by atoms with van der Waals surface area (Å²) in [5, 5.41) is 3.66. The van der Waals surface area contributed by atoms with Crippen LogP contribution in [0.15, 0.2) is 84.9 Å². The number of amides is 2. The summed E-state index contributed by atoms with van der Waals surface area (Å²) in [6.45, 7) is 4.90. The molecule has 184 valence electrons. The van der Waals surface area contributed by atoms with Crippen LogP contribution >= 0.6 is 11.6 Å². The summed E-state index contributed by atoms with van der Waals surface area (Å²) in [5.41, 5.74) is 1.87. The van der Waals surface area contributed by atoms with Crippen molar-refractivity contribution in [3.8, 4) is 5.75 Å². The maximum Gasteiger partial charge on any atom is 0.261 e. The van der Waals surface area contributed by atoms with Crippen LogP contribution in [0.25, 0.3) is 0 Å². The van der Waals surface area contributed by atoms with Gasteiger partial charge in [0.05, 0.1) is 0 Å². The Morgan fingerprint density at radius 2 is 1.51 bits per heavy atom. The highest BCUT2D eigenvalue weighted by Gasteiger charge is 2.30. The predicted molar refractivity (Wildman–Crippen MR) is 140 cm³/mol. The Morgan fingerprint density at radius 3 is 2.14 bits per heavy atom. The lowest BCUT2D eigenvalue weighted by atomic mass is 10.0. The minimum absolute atomic E-state index is 0.165. The number of benzene rings is 3. The quantitative estimate of drug-likeness (QED) is 0.362. The third-order valence-corrected chi connectivity index (χ3v) is 5.92. The highest BCUT2D eigenvalue weighted by Crippen LogP contribution is 2.18. The Labute approximate surface area is 213 Å². The van der Waals surface area contributed by atoms with E-state index in [0.717, 1.165) is 17.5 Å². The van der Waals surface area contributed by atoms with Gasteiger partial charge in [-0.15, -0.1) is 0 Å². The van der Waals surface area contributed by atoms with Crippen LogP contribution in [0.4, 0.5) is 0 Å². The lowest BCUT2D eigenvalue weighted by molar-refractivity contribution is -0.142. The van der Waals surface area contributed by atoms with Crippen LogP contribution in [0, 0.1) is 5.92 Å². The van der Waals surface area contributed by atoms with Crippen LogP contribution in [-0.4, -0.2) is 35.9 Å². The Hall–Kier alpha value is -3.31. The summed E-state index contributed by atoms with van der Waals surface area (Å²) in [5.74, 6) is 0.641. The third-order valence-electron chi connectivity index (χ3n) is 5.66. The highest BCUT2D eigenvalue weighted by molar-refractivity contribution is 6.30. The molecule has 0 spiro atoms. The average molecular weight is 493 g/mol. The molecule has 0 aliphatic rings. The van der Waals surface area contributed by atoms with Crippen LogP contribution in [0.2, 0.25) is 5.02 Å². The first kappa shape index (κ1) is 26.3. The van der Waals surface area contributed by atoms with Crippen LogP contribution in [0.1, 0.15) is 31.4 Å². The van der Waals surface area contributed by atoms with Gasteiger partial charge in [-0.1, -0.05) is 86.1 Å². The topological polar surface area (TPSA) is 58.6 Å². The molecule has 3 aromatic rings. The van der Waals surface area contributed by atoms with Crippen molar-refractivity contribution in [3.05, 3.63) is 101 Å². The molecule has 0 heterocycles. The molecule has 0 aliphatic heterocycles. The molecule has 0 fully saturated rings. The number of para-hydroxylation sites is 1. The molecule has 0 saturated carbocycles. The Balaban J connectivity index is 1.86. The van der Waals surface area contributed by atoms with E-state index < -0.39 is 6.04 Å². The van der Waals surface area contributed by atoms with E-state index in [0.29, 0.717) is 29.7 Å². The number of rotatable bonds is 12. The number of hydrogen-bond donors (Lipinski definition) is 1. The highest BCUT2D eigenvalue weighted by atomic mass is 35.5. The third kappa shape index (κ3) is 8.76. The van der Waals surface area contributed by atoms with Gasteiger partial charge in [-0.2, -0.15) is 0 Å². The first-order chi connectivity index (χ1) is 16.9. The Bertz CT molecular complexity index is 1060. The van der Waals surface area contributed by atoms with E-state index in [2.05, 4.69) is 19.2 Å². The number of ether oxygens (including phenoxy) is 1. The van der Waals surface area contributed by atoms with Crippen molar-refractivity contribution < 1.29 is 14.3 Å². The molecule has 1 atom stereocenters. The second-order valence-electron chi connectivity index (χ2n) is 8.93. The molecule has 1 unspecified atom stereocenters. The van der Waals surface area contributed by atoms with Crippen molar-refractivity contribution in [2.75, 3.05) is 13.2 Å². The molecular formula is C29H33ClN2O3. The fraction of sp³-hybridized carbons (Fsp3) is 0.310. The summed E-state index contributed by atoms with van der Waals surface area (Å²) in [4.78, 5) is 28.5. The van der Waals surface area contributed by atoms with Gasteiger partial charge in [-0.25, -0.2) is 0 Å². The smallest absolute Gasteiger partial charge is 0.261 e. The largest absolute Gasteiger partial charge is 0.484 e. The first-order valence-corrected chi connectivity index (χ1v) is 12.3. The van der Waals surface area contributed by atoms with E-state index >= 15 is 0 Å². The zero-order valence-corrected chi connectivity index (χ0v) is 21.1. The first-order valence-electron chi connectivity index (χ1n) is 12.0. The molecule has 1 N–H and O–H groups in total. The van der Waals surface area contributed by atoms with Gasteiger partial charge in [0.2, 0.25) is 5.91 Å². The summed E-state index contributed by atoms with van der Waals surface area (Å²) < 4.78 is 5.75. The van der Waals surface area contributed by atoms with Crippen LogP contribution < -0.4 is 10.1 Å². The van der Waals surface area contributed by atoms with Gasteiger partial charge in [0.15, 0.2) is 6.61 Å². The lowest BCUT2D eigenvalue weighted by Crippen LogP contribution is -2.52. The molecule has 0 saturated heterocycles. The number of hydrogen-bond acceptors (Lipinski definition) is 3. The van der Waals surface area contributed by atoms with Gasteiger partial charge >= 0.3 is 0 Å². The zero-order valence-electron chi connectivity index (χ0n) is 20.3. The molecule has 2 amide bonds. The molecular weight excluding hydrogens is 460 g/mol. The summed E-state index contributed by atoms with van der Waals surface area (Å²) in [6.07, 6.45) is 1.27. The molecule has 5 nitrogen and oxygen atoms in total. The van der Waals surface area contributed by atoms with Crippen molar-refractivity contribution in [2.45, 2.75) is 39.3 Å². The number of carbonyl (C=O) groups excluding carboxylic acids is 2. The van der Waals surface area contributed by atoms with Crippen molar-refractivity contribution in [1.82, 2.24) is 10.2 Å². The Kier molecular flexibility index (Phi) is 10.2. The van der Waals surface area contributed by atoms with Crippen LogP contribution in [-0.2, 0) is 22.6 Å². The van der Waals surface area contributed by atoms with Crippen LogP contribution in [0.3, 0.4) is 0 Å². The van der Waals surface area contributed by atoms with E-state index in [4.69, 9.17) is 16.3 Å². The standard InChI is InChI=1S/C29H33ClN2O3/c1-22(2)17-18-31-29(34)27(19-23-9-5-3-6-10-23)32(20-24-13-15-25(30)16-14-24)28(33)21-35-26-11-7-4-8-12-26/h3-16,22,27H,17-21H2,1-2H3,(H,31,34). The van der Waals surface area contributed by atoms with Gasteiger partial charge in [-0.3, -0.25) is 9.59 Å². The number of nitrogens with one attached hydrogen (secondary N) is 1. The van der Waals surface area contributed by atoms with Crippen molar-refractivity contribution in [1.29, 1.82) is 0 Å². The second kappa shape index (κ2) is 13.5. The van der Waals surface area contributed by atoms with Crippen molar-refractivity contribution in [2.24, 2.45) is 5.92 Å². The van der Waals surface area contributed by atoms with Crippen molar-refractivity contribution in [3.63, 3.8) is 0 Å². The molecule has 0 bridgehead atoms. The lowest BCUT2D eigenvalue weighted by Gasteiger charge is -2.31. The van der Waals surface area contributed by atoms with Crippen LogP contribution in [0.5, 0.6) is 5.75 Å². The number of carbonyl (C=O) groups is 2. The van der Waals surface area contributed by atoms with Crippen molar-refractivity contribution >= 4 is 23.4 Å².